The van der Waals surface area contributed by atoms with Crippen molar-refractivity contribution in [1.29, 1.82) is 0 Å². The van der Waals surface area contributed by atoms with Crippen LogP contribution in [0.2, 0.25) is 0 Å². The predicted octanol–water partition coefficient (Wildman–Crippen LogP) is 3.22. The highest BCUT2D eigenvalue weighted by Crippen LogP contribution is 2.40. The lowest BCUT2D eigenvalue weighted by Crippen LogP contribution is -2.49. The number of carbonyl (C=O) groups is 1. The summed E-state index contributed by atoms with van der Waals surface area (Å²) in [7, 11) is 0.787. The Bertz CT molecular complexity index is 686. The van der Waals surface area contributed by atoms with Gasteiger partial charge in [0.25, 0.3) is 5.60 Å². The molecule has 0 heterocycles. The van der Waals surface area contributed by atoms with Crippen LogP contribution >= 0.6 is 0 Å². The van der Waals surface area contributed by atoms with Crippen molar-refractivity contribution in [2.75, 3.05) is 12.4 Å². The van der Waals surface area contributed by atoms with Crippen molar-refractivity contribution in [1.82, 2.24) is 0 Å². The molecule has 0 aliphatic rings. The molecule has 1 unspecified atom stereocenters. The van der Waals surface area contributed by atoms with Crippen LogP contribution in [-0.2, 0) is 21.7 Å². The van der Waals surface area contributed by atoms with Crippen molar-refractivity contribution in [2.24, 2.45) is 0 Å². The number of nitrogens with one attached hydrogen (secondary N) is 1. The monoisotopic (exact) mass is 339 g/mol. The third-order valence-electron chi connectivity index (χ3n) is 3.53. The lowest BCUT2D eigenvalue weighted by molar-refractivity contribution is -0.266. The number of rotatable bonds is 5. The standard InChI is InChI=1S/C17H16F3NO3/c1-24-15(22)16(23,17(18,19)20)13-7-9-14(10-8-13)21-11-12-5-3-2-4-6-12/h2-10,21,23H,11H2,1H3. The number of esters is 1. The first-order valence-electron chi connectivity index (χ1n) is 7.05. The maximum absolute atomic E-state index is 13.1. The van der Waals surface area contributed by atoms with Crippen LogP contribution in [0.15, 0.2) is 54.6 Å². The van der Waals surface area contributed by atoms with E-state index in [1.165, 1.54) is 12.1 Å². The second-order valence-electron chi connectivity index (χ2n) is 5.12. The van der Waals surface area contributed by atoms with Crippen molar-refractivity contribution < 1.29 is 27.8 Å². The number of methoxy groups -OCH3 is 1. The average molecular weight is 339 g/mol. The molecule has 2 rings (SSSR count). The van der Waals surface area contributed by atoms with E-state index < -0.39 is 23.3 Å². The summed E-state index contributed by atoms with van der Waals surface area (Å²) in [5.41, 5.74) is -2.74. The van der Waals surface area contributed by atoms with Crippen LogP contribution in [0, 0.1) is 0 Å². The lowest BCUT2D eigenvalue weighted by Gasteiger charge is -2.28. The van der Waals surface area contributed by atoms with Crippen LogP contribution < -0.4 is 5.32 Å². The first kappa shape index (κ1) is 17.8. The molecule has 0 aliphatic heterocycles. The zero-order valence-electron chi connectivity index (χ0n) is 12.8. The largest absolute Gasteiger partial charge is 0.466 e. The first-order valence-corrected chi connectivity index (χ1v) is 7.05. The minimum atomic E-state index is -5.20. The van der Waals surface area contributed by atoms with E-state index in [1.54, 1.807) is 0 Å². The smallest absolute Gasteiger partial charge is 0.432 e. The Morgan fingerprint density at radius 3 is 2.17 bits per heavy atom. The summed E-state index contributed by atoms with van der Waals surface area (Å²) < 4.78 is 43.5. The van der Waals surface area contributed by atoms with Gasteiger partial charge in [-0.1, -0.05) is 42.5 Å². The zero-order valence-corrected chi connectivity index (χ0v) is 12.8. The molecule has 7 heteroatoms. The number of ether oxygens (including phenoxy) is 1. The van der Waals surface area contributed by atoms with Crippen LogP contribution in [-0.4, -0.2) is 24.4 Å². The molecule has 0 saturated carbocycles. The lowest BCUT2D eigenvalue weighted by atomic mass is 9.93. The molecule has 4 nitrogen and oxygen atoms in total. The minimum Gasteiger partial charge on any atom is -0.466 e. The highest BCUT2D eigenvalue weighted by atomic mass is 19.4. The molecule has 2 aromatic carbocycles. The third-order valence-corrected chi connectivity index (χ3v) is 3.53. The molecule has 0 aliphatic carbocycles. The molecule has 24 heavy (non-hydrogen) atoms. The van der Waals surface area contributed by atoms with Gasteiger partial charge in [-0.2, -0.15) is 13.2 Å². The van der Waals surface area contributed by atoms with Gasteiger partial charge >= 0.3 is 12.1 Å². The van der Waals surface area contributed by atoms with Gasteiger partial charge in [-0.15, -0.1) is 0 Å². The second kappa shape index (κ2) is 6.92. The highest BCUT2D eigenvalue weighted by Gasteiger charge is 2.62. The fourth-order valence-corrected chi connectivity index (χ4v) is 2.17. The Morgan fingerprint density at radius 1 is 1.08 bits per heavy atom. The normalized spacial score (nSPS) is 13.9. The number of benzene rings is 2. The molecular weight excluding hydrogens is 323 g/mol. The predicted molar refractivity (Wildman–Crippen MR) is 82.2 cm³/mol. The molecule has 0 amide bonds. The van der Waals surface area contributed by atoms with Crippen molar-refractivity contribution in [2.45, 2.75) is 18.3 Å². The summed E-state index contributed by atoms with van der Waals surface area (Å²) in [6.07, 6.45) is -5.20. The number of anilines is 1. The number of halogens is 3. The molecule has 0 radical (unpaired) electrons. The molecule has 128 valence electrons. The topological polar surface area (TPSA) is 58.6 Å². The van der Waals surface area contributed by atoms with E-state index in [4.69, 9.17) is 0 Å². The van der Waals surface area contributed by atoms with E-state index in [9.17, 15) is 23.1 Å². The molecule has 2 aromatic rings. The molecular formula is C17H16F3NO3. The van der Waals surface area contributed by atoms with Gasteiger partial charge in [0.05, 0.1) is 7.11 Å². The van der Waals surface area contributed by atoms with Crippen LogP contribution in [0.5, 0.6) is 0 Å². The van der Waals surface area contributed by atoms with Crippen LogP contribution in [0.3, 0.4) is 0 Å². The van der Waals surface area contributed by atoms with Crippen molar-refractivity contribution in [3.05, 3.63) is 65.7 Å². The van der Waals surface area contributed by atoms with Gasteiger partial charge in [0.15, 0.2) is 0 Å². The Morgan fingerprint density at radius 2 is 1.67 bits per heavy atom. The SMILES string of the molecule is COC(=O)C(O)(c1ccc(NCc2ccccc2)cc1)C(F)(F)F. The third kappa shape index (κ3) is 3.51. The number of alkyl halides is 3. The summed E-state index contributed by atoms with van der Waals surface area (Å²) >= 11 is 0. The Hall–Kier alpha value is -2.54. The fraction of sp³-hybridized carbons (Fsp3) is 0.235. The maximum Gasteiger partial charge on any atom is 0.432 e. The molecule has 0 aromatic heterocycles. The summed E-state index contributed by atoms with van der Waals surface area (Å²) in [6.45, 7) is 0.487. The van der Waals surface area contributed by atoms with Gasteiger partial charge in [-0.3, -0.25) is 0 Å². The number of hydrogen-bond acceptors (Lipinski definition) is 4. The number of carbonyl (C=O) groups excluding carboxylic acids is 1. The van der Waals surface area contributed by atoms with E-state index in [2.05, 4.69) is 10.1 Å². The Kier molecular flexibility index (Phi) is 5.14. The van der Waals surface area contributed by atoms with Crippen LogP contribution in [0.4, 0.5) is 18.9 Å². The molecule has 0 spiro atoms. The maximum atomic E-state index is 13.1. The molecule has 0 fully saturated rings. The van der Waals surface area contributed by atoms with Gasteiger partial charge in [0.1, 0.15) is 0 Å². The van der Waals surface area contributed by atoms with Crippen molar-refractivity contribution in [3.63, 3.8) is 0 Å². The Balaban J connectivity index is 2.19. The highest BCUT2D eigenvalue weighted by molar-refractivity contribution is 5.82. The van der Waals surface area contributed by atoms with E-state index in [0.717, 1.165) is 24.8 Å². The van der Waals surface area contributed by atoms with Gasteiger partial charge in [-0.05, 0) is 17.7 Å². The van der Waals surface area contributed by atoms with E-state index in [0.29, 0.717) is 12.2 Å². The van der Waals surface area contributed by atoms with Gasteiger partial charge in [-0.25, -0.2) is 4.79 Å². The summed E-state index contributed by atoms with van der Waals surface area (Å²) in [6, 6.07) is 14.2. The van der Waals surface area contributed by atoms with E-state index in [1.807, 2.05) is 30.3 Å². The number of aliphatic hydroxyl groups is 1. The minimum absolute atomic E-state index is 0.487. The van der Waals surface area contributed by atoms with Crippen LogP contribution in [0.25, 0.3) is 0 Å². The second-order valence-corrected chi connectivity index (χ2v) is 5.12. The van der Waals surface area contributed by atoms with Gasteiger partial charge in [0, 0.05) is 17.8 Å². The summed E-state index contributed by atoms with van der Waals surface area (Å²) in [4.78, 5) is 11.5. The van der Waals surface area contributed by atoms with Crippen molar-refractivity contribution >= 4 is 11.7 Å². The molecule has 2 N–H and O–H groups in total. The molecule has 0 saturated heterocycles. The zero-order chi connectivity index (χ0) is 17.8. The first-order chi connectivity index (χ1) is 11.3. The van der Waals surface area contributed by atoms with Gasteiger partial charge < -0.3 is 15.2 Å². The van der Waals surface area contributed by atoms with E-state index >= 15 is 0 Å². The molecule has 0 bridgehead atoms. The molecule has 1 atom stereocenters. The fourth-order valence-electron chi connectivity index (χ4n) is 2.17. The quantitative estimate of drug-likeness (QED) is 0.821. The van der Waals surface area contributed by atoms with E-state index in [-0.39, 0.29) is 0 Å². The van der Waals surface area contributed by atoms with Crippen LogP contribution in [0.1, 0.15) is 11.1 Å². The number of hydrogen-bond donors (Lipinski definition) is 2. The summed E-state index contributed by atoms with van der Waals surface area (Å²) in [5.74, 6) is -1.78. The van der Waals surface area contributed by atoms with Gasteiger partial charge in [0.2, 0.25) is 0 Å². The summed E-state index contributed by atoms with van der Waals surface area (Å²) in [5, 5.41) is 12.9. The Labute approximate surface area is 136 Å². The van der Waals surface area contributed by atoms with Crippen molar-refractivity contribution in [3.8, 4) is 0 Å². The average Bonchev–Trinajstić information content (AvgIpc) is 2.59.